The maximum absolute atomic E-state index is 6.63. The lowest BCUT2D eigenvalue weighted by Crippen LogP contribution is -2.55. The summed E-state index contributed by atoms with van der Waals surface area (Å²) in [5, 5.41) is 0. The lowest BCUT2D eigenvalue weighted by molar-refractivity contribution is -0.327. The highest BCUT2D eigenvalue weighted by Crippen LogP contribution is 2.41. The first-order valence-corrected chi connectivity index (χ1v) is 10.8. The topological polar surface area (TPSA) is 36.9 Å². The molecule has 154 valence electrons. The molecule has 0 aromatic rings. The van der Waals surface area contributed by atoms with Crippen LogP contribution in [0.1, 0.15) is 75.2 Å². The van der Waals surface area contributed by atoms with Crippen molar-refractivity contribution >= 4 is 0 Å². The van der Waals surface area contributed by atoms with Gasteiger partial charge in [-0.1, -0.05) is 48.5 Å². The Balaban J connectivity index is 2.11. The highest BCUT2D eigenvalue weighted by atomic mass is 16.7. The zero-order chi connectivity index (χ0) is 19.6. The second-order valence-electron chi connectivity index (χ2n) is 8.98. The van der Waals surface area contributed by atoms with E-state index in [2.05, 4.69) is 62.3 Å². The van der Waals surface area contributed by atoms with Gasteiger partial charge in [0.15, 0.2) is 12.6 Å². The Bertz CT molecular complexity index is 422. The largest absolute Gasteiger partial charge is 0.350 e. The molecule has 0 amide bonds. The Labute approximate surface area is 161 Å². The molecule has 0 spiro atoms. The molecule has 0 aliphatic carbocycles. The van der Waals surface area contributed by atoms with Crippen molar-refractivity contribution in [3.63, 3.8) is 0 Å². The van der Waals surface area contributed by atoms with E-state index in [0.717, 1.165) is 12.8 Å². The van der Waals surface area contributed by atoms with Gasteiger partial charge in [-0.05, 0) is 44.4 Å². The Kier molecular flexibility index (Phi) is 7.97. The summed E-state index contributed by atoms with van der Waals surface area (Å²) in [5.74, 6) is 2.20. The van der Waals surface area contributed by atoms with Crippen molar-refractivity contribution in [1.82, 2.24) is 0 Å². The zero-order valence-corrected chi connectivity index (χ0v) is 18.4. The third kappa shape index (κ3) is 4.63. The van der Waals surface area contributed by atoms with E-state index >= 15 is 0 Å². The molecule has 0 bridgehead atoms. The van der Waals surface area contributed by atoms with Gasteiger partial charge in [0.05, 0.1) is 24.4 Å². The zero-order valence-electron chi connectivity index (χ0n) is 18.4. The molecule has 0 aromatic heterocycles. The normalized spacial score (nSPS) is 47.3. The lowest BCUT2D eigenvalue weighted by Gasteiger charge is -2.49. The third-order valence-electron chi connectivity index (χ3n) is 6.94. The molecule has 3 unspecified atom stereocenters. The minimum Gasteiger partial charge on any atom is -0.350 e. The van der Waals surface area contributed by atoms with E-state index in [-0.39, 0.29) is 37.0 Å². The Morgan fingerprint density at radius 1 is 0.692 bits per heavy atom. The van der Waals surface area contributed by atoms with Crippen LogP contribution >= 0.6 is 0 Å². The van der Waals surface area contributed by atoms with Crippen LogP contribution in [0.3, 0.4) is 0 Å². The van der Waals surface area contributed by atoms with E-state index in [4.69, 9.17) is 18.9 Å². The molecule has 10 atom stereocenters. The quantitative estimate of drug-likeness (QED) is 0.640. The van der Waals surface area contributed by atoms with E-state index < -0.39 is 0 Å². The van der Waals surface area contributed by atoms with Crippen molar-refractivity contribution in [3.05, 3.63) is 0 Å². The molecule has 2 saturated heterocycles. The number of ether oxygens (including phenoxy) is 4. The van der Waals surface area contributed by atoms with E-state index in [9.17, 15) is 0 Å². The van der Waals surface area contributed by atoms with Crippen LogP contribution in [0.4, 0.5) is 0 Å². The molecule has 0 N–H and O–H groups in total. The smallest absolute Gasteiger partial charge is 0.161 e. The molecule has 4 nitrogen and oxygen atoms in total. The van der Waals surface area contributed by atoms with Crippen LogP contribution in [0, 0.1) is 29.6 Å². The van der Waals surface area contributed by atoms with Crippen LogP contribution in [0.5, 0.6) is 0 Å². The van der Waals surface area contributed by atoms with E-state index in [0.29, 0.717) is 29.6 Å². The molecular formula is C22H42O4. The summed E-state index contributed by atoms with van der Waals surface area (Å²) < 4.78 is 25.4. The van der Waals surface area contributed by atoms with Crippen LogP contribution in [0.2, 0.25) is 0 Å². The Morgan fingerprint density at radius 3 is 1.77 bits per heavy atom. The molecule has 2 fully saturated rings. The first-order chi connectivity index (χ1) is 12.2. The van der Waals surface area contributed by atoms with Crippen molar-refractivity contribution in [1.29, 1.82) is 0 Å². The van der Waals surface area contributed by atoms with Gasteiger partial charge in [-0.2, -0.15) is 0 Å². The van der Waals surface area contributed by atoms with Crippen molar-refractivity contribution < 1.29 is 18.9 Å². The molecule has 2 heterocycles. The van der Waals surface area contributed by atoms with Crippen LogP contribution in [-0.4, -0.2) is 37.0 Å². The second kappa shape index (κ2) is 9.36. The first kappa shape index (κ1) is 22.1. The molecule has 4 heteroatoms. The molecule has 26 heavy (non-hydrogen) atoms. The van der Waals surface area contributed by atoms with Crippen LogP contribution < -0.4 is 0 Å². The highest BCUT2D eigenvalue weighted by Gasteiger charge is 2.46. The van der Waals surface area contributed by atoms with Gasteiger partial charge < -0.3 is 18.9 Å². The highest BCUT2D eigenvalue weighted by molar-refractivity contribution is 4.88. The first-order valence-electron chi connectivity index (χ1n) is 10.8. The summed E-state index contributed by atoms with van der Waals surface area (Å²) >= 11 is 0. The summed E-state index contributed by atoms with van der Waals surface area (Å²) in [6.45, 7) is 19.9. The molecule has 2 aliphatic heterocycles. The monoisotopic (exact) mass is 370 g/mol. The molecular weight excluding hydrogens is 328 g/mol. The minimum atomic E-state index is -0.151. The van der Waals surface area contributed by atoms with Gasteiger partial charge in [-0.15, -0.1) is 0 Å². The van der Waals surface area contributed by atoms with Gasteiger partial charge in [0, 0.05) is 11.8 Å². The van der Waals surface area contributed by atoms with E-state index in [1.807, 2.05) is 0 Å². The maximum Gasteiger partial charge on any atom is 0.161 e. The lowest BCUT2D eigenvalue weighted by atomic mass is 9.78. The standard InChI is InChI=1S/C22H42O4/c1-10-18-14(6)13(5)16(8)22(24-18)26-20-15(7)17(9)21(23-12(3)4)25-19(20)11-2/h12-22H,10-11H2,1-9H3/t13-,14?,15+,16+,17+,18+,19+,20-,21?,22?/m0/s1. The fraction of sp³-hybridized carbons (Fsp3) is 1.00. The Hall–Kier alpha value is -0.160. The average molecular weight is 371 g/mol. The van der Waals surface area contributed by atoms with Crippen molar-refractivity contribution in [3.8, 4) is 0 Å². The van der Waals surface area contributed by atoms with Gasteiger partial charge in [-0.25, -0.2) is 0 Å². The van der Waals surface area contributed by atoms with Crippen molar-refractivity contribution in [2.24, 2.45) is 29.6 Å². The molecule has 0 aromatic carbocycles. The predicted octanol–water partition coefficient (Wildman–Crippen LogP) is 5.25. The van der Waals surface area contributed by atoms with Gasteiger partial charge in [0.25, 0.3) is 0 Å². The molecule has 0 radical (unpaired) electrons. The number of rotatable bonds is 6. The van der Waals surface area contributed by atoms with E-state index in [1.165, 1.54) is 0 Å². The SMILES string of the molecule is CC[C@H]1OC(O[C@H]2[C@H](C)[C@@H](C)C(OC(C)C)O[C@@H]2CC)[C@H](C)[C@@H](C)C1C. The van der Waals surface area contributed by atoms with Crippen molar-refractivity contribution in [2.75, 3.05) is 0 Å². The number of hydrogen-bond acceptors (Lipinski definition) is 4. The van der Waals surface area contributed by atoms with Gasteiger partial charge in [0.1, 0.15) is 0 Å². The van der Waals surface area contributed by atoms with Crippen LogP contribution in [0.15, 0.2) is 0 Å². The summed E-state index contributed by atoms with van der Waals surface area (Å²) in [4.78, 5) is 0. The summed E-state index contributed by atoms with van der Waals surface area (Å²) in [7, 11) is 0. The Morgan fingerprint density at radius 2 is 1.23 bits per heavy atom. The second-order valence-corrected chi connectivity index (χ2v) is 8.98. The summed E-state index contributed by atoms with van der Waals surface area (Å²) in [6.07, 6.45) is 2.20. The summed E-state index contributed by atoms with van der Waals surface area (Å²) in [6, 6.07) is 0. The minimum absolute atomic E-state index is 0.0487. The third-order valence-corrected chi connectivity index (χ3v) is 6.94. The van der Waals surface area contributed by atoms with Gasteiger partial charge in [0.2, 0.25) is 0 Å². The fourth-order valence-corrected chi connectivity index (χ4v) is 4.49. The molecule has 0 saturated carbocycles. The van der Waals surface area contributed by atoms with Gasteiger partial charge in [-0.3, -0.25) is 0 Å². The number of hydrogen-bond donors (Lipinski definition) is 0. The van der Waals surface area contributed by atoms with Crippen LogP contribution in [0.25, 0.3) is 0 Å². The summed E-state index contributed by atoms with van der Waals surface area (Å²) in [5.41, 5.74) is 0. The molecule has 2 aliphatic rings. The molecule has 2 rings (SSSR count). The fourth-order valence-electron chi connectivity index (χ4n) is 4.49. The predicted molar refractivity (Wildman–Crippen MR) is 105 cm³/mol. The van der Waals surface area contributed by atoms with E-state index in [1.54, 1.807) is 0 Å². The van der Waals surface area contributed by atoms with Crippen LogP contribution in [-0.2, 0) is 18.9 Å². The van der Waals surface area contributed by atoms with Gasteiger partial charge >= 0.3 is 0 Å². The van der Waals surface area contributed by atoms with Crippen molar-refractivity contribution in [2.45, 2.75) is 112 Å². The maximum atomic E-state index is 6.63. The average Bonchev–Trinajstić information content (AvgIpc) is 2.60.